The first-order chi connectivity index (χ1) is 13.4. The number of carbonyl (C=O) groups excluding carboxylic acids is 1. The van der Waals surface area contributed by atoms with E-state index in [1.165, 1.54) is 4.90 Å². The molecule has 0 radical (unpaired) electrons. The maximum absolute atomic E-state index is 13.3. The second-order valence-corrected chi connectivity index (χ2v) is 8.17. The van der Waals surface area contributed by atoms with Crippen LogP contribution in [0.2, 0.25) is 0 Å². The summed E-state index contributed by atoms with van der Waals surface area (Å²) in [5, 5.41) is 13.6. The van der Waals surface area contributed by atoms with Crippen LogP contribution in [0, 0.1) is 5.92 Å². The molecule has 0 spiro atoms. The molecule has 2 aliphatic rings. The molecule has 1 aliphatic heterocycles. The number of benzene rings is 2. The van der Waals surface area contributed by atoms with Gasteiger partial charge in [-0.1, -0.05) is 18.2 Å². The highest BCUT2D eigenvalue weighted by molar-refractivity contribution is 7.17. The van der Waals surface area contributed by atoms with Crippen LogP contribution in [0.5, 0.6) is 11.5 Å². The first-order valence-corrected chi connectivity index (χ1v) is 9.94. The number of hydrogen-bond donors (Lipinski definition) is 1. The lowest BCUT2D eigenvalue weighted by atomic mass is 10.0. The smallest absolute Gasteiger partial charge is 0.260 e. The van der Waals surface area contributed by atoms with Crippen LogP contribution in [-0.2, 0) is 11.3 Å². The van der Waals surface area contributed by atoms with Crippen molar-refractivity contribution in [1.82, 2.24) is 4.90 Å². The number of nitrogens with zero attached hydrogens (tertiary/aromatic N) is 1. The minimum Gasteiger partial charge on any atom is -0.504 e. The summed E-state index contributed by atoms with van der Waals surface area (Å²) >= 11 is 1.61. The van der Waals surface area contributed by atoms with E-state index in [0.29, 0.717) is 11.3 Å². The number of carbonyl (C=O) groups is 1. The number of phenols is 1. The zero-order valence-electron chi connectivity index (χ0n) is 14.8. The molecule has 5 rings (SSSR count). The predicted octanol–water partition coefficient (Wildman–Crippen LogP) is 4.65. The van der Waals surface area contributed by atoms with E-state index in [2.05, 4.69) is 0 Å². The summed E-state index contributed by atoms with van der Waals surface area (Å²) < 4.78 is 33.5. The third-order valence-electron chi connectivity index (χ3n) is 5.34. The Morgan fingerprint density at radius 1 is 1.29 bits per heavy atom. The number of phenolic OH excluding ortho intramolecular Hbond substituents is 1. The average Bonchev–Trinajstić information content (AvgIpc) is 3.19. The molecule has 1 amide bonds. The summed E-state index contributed by atoms with van der Waals surface area (Å²) in [6.07, 6.45) is -0.387. The van der Waals surface area contributed by atoms with Gasteiger partial charge in [-0.3, -0.25) is 4.79 Å². The van der Waals surface area contributed by atoms with Crippen LogP contribution in [-0.4, -0.2) is 35.0 Å². The molecule has 1 saturated carbocycles. The van der Waals surface area contributed by atoms with E-state index in [1.807, 2.05) is 35.7 Å². The van der Waals surface area contributed by atoms with Gasteiger partial charge in [-0.15, -0.1) is 11.3 Å². The highest BCUT2D eigenvalue weighted by Crippen LogP contribution is 2.50. The van der Waals surface area contributed by atoms with E-state index in [9.17, 15) is 18.7 Å². The number of aromatic hydroxyl groups is 1. The zero-order chi connectivity index (χ0) is 19.5. The second kappa shape index (κ2) is 6.17. The summed E-state index contributed by atoms with van der Waals surface area (Å²) in [7, 11) is 0. The molecular weight excluding hydrogens is 384 g/mol. The molecule has 1 aliphatic carbocycles. The fourth-order valence-corrected chi connectivity index (χ4v) is 4.72. The van der Waals surface area contributed by atoms with Crippen LogP contribution < -0.4 is 4.74 Å². The Morgan fingerprint density at radius 3 is 2.86 bits per heavy atom. The topological polar surface area (TPSA) is 49.8 Å². The van der Waals surface area contributed by atoms with Crippen LogP contribution in [0.4, 0.5) is 8.78 Å². The SMILES string of the molecule is O=C([C@H]1CC1(F)F)N1CCOc2c(O)cc(-c3csc4ccccc34)cc2C1. The van der Waals surface area contributed by atoms with Crippen molar-refractivity contribution in [2.24, 2.45) is 5.92 Å². The monoisotopic (exact) mass is 401 g/mol. The molecule has 3 aromatic rings. The lowest BCUT2D eigenvalue weighted by Crippen LogP contribution is -2.34. The molecule has 7 heteroatoms. The van der Waals surface area contributed by atoms with Gasteiger partial charge in [0.1, 0.15) is 12.5 Å². The first-order valence-electron chi connectivity index (χ1n) is 9.06. The van der Waals surface area contributed by atoms with Gasteiger partial charge in [0.15, 0.2) is 11.5 Å². The quantitative estimate of drug-likeness (QED) is 0.680. The number of amides is 1. The molecular formula is C21H17F2NO3S. The lowest BCUT2D eigenvalue weighted by molar-refractivity contribution is -0.135. The molecule has 1 atom stereocenters. The third-order valence-corrected chi connectivity index (χ3v) is 6.31. The van der Waals surface area contributed by atoms with Gasteiger partial charge >= 0.3 is 0 Å². The van der Waals surface area contributed by atoms with Gasteiger partial charge in [-0.25, -0.2) is 8.78 Å². The predicted molar refractivity (Wildman–Crippen MR) is 103 cm³/mol. The Hall–Kier alpha value is -2.67. The minimum absolute atomic E-state index is 0.00571. The van der Waals surface area contributed by atoms with Crippen LogP contribution in [0.25, 0.3) is 21.2 Å². The molecule has 1 aromatic heterocycles. The second-order valence-electron chi connectivity index (χ2n) is 7.26. The van der Waals surface area contributed by atoms with Gasteiger partial charge < -0.3 is 14.7 Å². The van der Waals surface area contributed by atoms with Gasteiger partial charge in [0.2, 0.25) is 5.91 Å². The number of thiophene rings is 1. The van der Waals surface area contributed by atoms with Gasteiger partial charge in [-0.05, 0) is 29.1 Å². The van der Waals surface area contributed by atoms with Crippen molar-refractivity contribution in [3.8, 4) is 22.6 Å². The van der Waals surface area contributed by atoms with E-state index in [-0.39, 0.29) is 31.9 Å². The maximum Gasteiger partial charge on any atom is 0.260 e. The van der Waals surface area contributed by atoms with Crippen molar-refractivity contribution in [1.29, 1.82) is 0 Å². The highest BCUT2D eigenvalue weighted by Gasteiger charge is 2.62. The Labute approximate surface area is 164 Å². The Morgan fingerprint density at radius 2 is 2.07 bits per heavy atom. The Kier molecular flexibility index (Phi) is 3.84. The Bertz CT molecular complexity index is 1090. The molecule has 4 nitrogen and oxygen atoms in total. The molecule has 1 fully saturated rings. The van der Waals surface area contributed by atoms with E-state index < -0.39 is 17.7 Å². The molecule has 2 heterocycles. The average molecular weight is 401 g/mol. The molecule has 28 heavy (non-hydrogen) atoms. The maximum atomic E-state index is 13.3. The van der Waals surface area contributed by atoms with E-state index in [1.54, 1.807) is 17.4 Å². The molecule has 144 valence electrons. The van der Waals surface area contributed by atoms with Gasteiger partial charge in [0, 0.05) is 34.2 Å². The molecule has 1 N–H and O–H groups in total. The van der Waals surface area contributed by atoms with Gasteiger partial charge in [0.25, 0.3) is 5.92 Å². The number of alkyl halides is 2. The highest BCUT2D eigenvalue weighted by atomic mass is 32.1. The molecule has 2 aromatic carbocycles. The number of halogens is 2. The van der Waals surface area contributed by atoms with Crippen molar-refractivity contribution in [2.45, 2.75) is 18.9 Å². The fraction of sp³-hybridized carbons (Fsp3) is 0.286. The van der Waals surface area contributed by atoms with E-state index in [4.69, 9.17) is 4.74 Å². The summed E-state index contributed by atoms with van der Waals surface area (Å²) in [6, 6.07) is 11.5. The van der Waals surface area contributed by atoms with Crippen LogP contribution in [0.3, 0.4) is 0 Å². The summed E-state index contributed by atoms with van der Waals surface area (Å²) in [5.41, 5.74) is 2.41. The first kappa shape index (κ1) is 17.4. The summed E-state index contributed by atoms with van der Waals surface area (Å²) in [6.45, 7) is 0.520. The van der Waals surface area contributed by atoms with Crippen molar-refractivity contribution >= 4 is 27.3 Å². The van der Waals surface area contributed by atoms with E-state index >= 15 is 0 Å². The minimum atomic E-state index is -2.90. The fourth-order valence-electron chi connectivity index (χ4n) is 3.75. The van der Waals surface area contributed by atoms with E-state index in [0.717, 1.165) is 21.2 Å². The number of ether oxygens (including phenoxy) is 1. The molecule has 0 saturated heterocycles. The van der Waals surface area contributed by atoms with Crippen molar-refractivity contribution < 1.29 is 23.4 Å². The lowest BCUT2D eigenvalue weighted by Gasteiger charge is -2.20. The van der Waals surface area contributed by atoms with Gasteiger partial charge in [0.05, 0.1) is 6.54 Å². The number of hydrogen-bond acceptors (Lipinski definition) is 4. The van der Waals surface area contributed by atoms with Crippen molar-refractivity contribution in [3.05, 3.63) is 47.3 Å². The summed E-state index contributed by atoms with van der Waals surface area (Å²) in [5.74, 6) is -4.36. The third kappa shape index (κ3) is 2.81. The largest absolute Gasteiger partial charge is 0.504 e. The normalized spacial score (nSPS) is 20.4. The number of rotatable bonds is 2. The van der Waals surface area contributed by atoms with Crippen LogP contribution in [0.1, 0.15) is 12.0 Å². The molecule has 0 unspecified atom stereocenters. The zero-order valence-corrected chi connectivity index (χ0v) is 15.6. The van der Waals surface area contributed by atoms with Crippen molar-refractivity contribution in [3.63, 3.8) is 0 Å². The number of fused-ring (bicyclic) bond motifs is 2. The standard InChI is InChI=1S/C21H17F2NO3S/c22-21(23)9-16(21)20(26)24-5-6-27-19-13(10-24)7-12(8-17(19)25)15-11-28-18-4-2-1-3-14(15)18/h1-4,7-8,11,16,25H,5-6,9-10H2/t16-/m1/s1. The van der Waals surface area contributed by atoms with Crippen LogP contribution in [0.15, 0.2) is 41.8 Å². The Balaban J connectivity index is 1.52. The summed E-state index contributed by atoms with van der Waals surface area (Å²) in [4.78, 5) is 13.9. The van der Waals surface area contributed by atoms with Crippen molar-refractivity contribution in [2.75, 3.05) is 13.2 Å². The molecule has 0 bridgehead atoms. The van der Waals surface area contributed by atoms with Gasteiger partial charge in [-0.2, -0.15) is 0 Å². The van der Waals surface area contributed by atoms with Crippen LogP contribution >= 0.6 is 11.3 Å².